The highest BCUT2D eigenvalue weighted by Gasteiger charge is 2.22. The van der Waals surface area contributed by atoms with Gasteiger partial charge < -0.3 is 11.1 Å². The van der Waals surface area contributed by atoms with Crippen molar-refractivity contribution in [2.45, 2.75) is 18.8 Å². The van der Waals surface area contributed by atoms with Crippen molar-refractivity contribution in [1.29, 1.82) is 0 Å². The molecule has 0 bridgehead atoms. The molecule has 0 fully saturated rings. The molecule has 2 aromatic carbocycles. The third-order valence-corrected chi connectivity index (χ3v) is 4.19. The van der Waals surface area contributed by atoms with E-state index in [0.717, 1.165) is 0 Å². The largest absolute Gasteiger partial charge is 0.397 e. The van der Waals surface area contributed by atoms with Gasteiger partial charge in [-0.15, -0.1) is 0 Å². The van der Waals surface area contributed by atoms with E-state index in [1.807, 2.05) is 0 Å². The minimum atomic E-state index is -0.622. The highest BCUT2D eigenvalue weighted by Crippen LogP contribution is 2.32. The Hall–Kier alpha value is -2.28. The van der Waals surface area contributed by atoms with Gasteiger partial charge >= 0.3 is 0 Å². The Morgan fingerprint density at radius 1 is 1.08 bits per heavy atom. The Kier molecular flexibility index (Phi) is 6.64. The Morgan fingerprint density at radius 2 is 1.76 bits per heavy atom. The van der Waals surface area contributed by atoms with Gasteiger partial charge in [0.25, 0.3) is 0 Å². The minimum Gasteiger partial charge on any atom is -0.397 e. The number of nitrogens with two attached hydrogens (primary N) is 1. The van der Waals surface area contributed by atoms with Gasteiger partial charge in [-0.2, -0.15) is 0 Å². The lowest BCUT2D eigenvalue weighted by molar-refractivity contribution is -0.129. The first-order valence-electron chi connectivity index (χ1n) is 7.43. The number of carbonyl (C=O) groups is 2. The molecule has 5 N–H and O–H groups in total. The number of hydroxylamine groups is 1. The van der Waals surface area contributed by atoms with Gasteiger partial charge in [-0.05, 0) is 29.8 Å². The van der Waals surface area contributed by atoms with Crippen LogP contribution in [0.4, 0.5) is 11.4 Å². The van der Waals surface area contributed by atoms with Gasteiger partial charge in [-0.3, -0.25) is 14.8 Å². The quantitative estimate of drug-likeness (QED) is 0.348. The van der Waals surface area contributed by atoms with Crippen molar-refractivity contribution < 1.29 is 14.8 Å². The van der Waals surface area contributed by atoms with Crippen LogP contribution < -0.4 is 16.5 Å². The zero-order valence-corrected chi connectivity index (χ0v) is 14.6. The van der Waals surface area contributed by atoms with E-state index in [4.69, 9.17) is 34.1 Å². The molecule has 2 aromatic rings. The first kappa shape index (κ1) is 19.1. The first-order chi connectivity index (χ1) is 11.9. The molecule has 0 radical (unpaired) electrons. The van der Waals surface area contributed by atoms with E-state index < -0.39 is 11.8 Å². The molecular formula is C17H17Cl2N3O3. The van der Waals surface area contributed by atoms with E-state index in [2.05, 4.69) is 5.32 Å². The second-order valence-corrected chi connectivity index (χ2v) is 6.29. The third-order valence-electron chi connectivity index (χ3n) is 3.63. The highest BCUT2D eigenvalue weighted by atomic mass is 35.5. The van der Waals surface area contributed by atoms with E-state index in [0.29, 0.717) is 27.0 Å². The lowest BCUT2D eigenvalue weighted by Crippen LogP contribution is -2.24. The first-order valence-corrected chi connectivity index (χ1v) is 8.18. The molecule has 0 aliphatic rings. The van der Waals surface area contributed by atoms with Crippen LogP contribution in [0.1, 0.15) is 24.3 Å². The Labute approximate surface area is 154 Å². The summed E-state index contributed by atoms with van der Waals surface area (Å²) >= 11 is 12.1. The molecule has 0 aliphatic carbocycles. The highest BCUT2D eigenvalue weighted by molar-refractivity contribution is 6.35. The van der Waals surface area contributed by atoms with Crippen LogP contribution in [0, 0.1) is 0 Å². The van der Waals surface area contributed by atoms with Crippen LogP contribution in [-0.2, 0) is 9.59 Å². The summed E-state index contributed by atoms with van der Waals surface area (Å²) in [4.78, 5) is 24.0. The molecule has 1 unspecified atom stereocenters. The number of amides is 2. The summed E-state index contributed by atoms with van der Waals surface area (Å²) < 4.78 is 0. The fourth-order valence-electron chi connectivity index (χ4n) is 2.43. The second kappa shape index (κ2) is 8.71. The summed E-state index contributed by atoms with van der Waals surface area (Å²) in [5, 5.41) is 12.3. The number of benzene rings is 2. The van der Waals surface area contributed by atoms with E-state index in [1.54, 1.807) is 41.9 Å². The molecule has 0 heterocycles. The predicted molar refractivity (Wildman–Crippen MR) is 97.9 cm³/mol. The maximum absolute atomic E-state index is 12.4. The number of hydrogen-bond acceptors (Lipinski definition) is 4. The number of para-hydroxylation sites is 2. The van der Waals surface area contributed by atoms with E-state index in [9.17, 15) is 9.59 Å². The van der Waals surface area contributed by atoms with Crippen LogP contribution in [0.25, 0.3) is 0 Å². The molecule has 1 atom stereocenters. The molecule has 0 aromatic heterocycles. The molecule has 25 heavy (non-hydrogen) atoms. The van der Waals surface area contributed by atoms with Gasteiger partial charge in [-0.25, -0.2) is 5.48 Å². The molecule has 8 heteroatoms. The molecule has 2 amide bonds. The molecule has 0 saturated carbocycles. The molecule has 132 valence electrons. The summed E-state index contributed by atoms with van der Waals surface area (Å²) in [6.45, 7) is 0. The standard InChI is InChI=1S/C17H17Cl2N3O3/c18-11-5-6-12(13(19)9-11)10(8-17(24)22-25)7-16(23)21-15-4-2-1-3-14(15)20/h1-6,9-10,25H,7-8,20H2,(H,21,23)(H,22,24). The van der Waals surface area contributed by atoms with Crippen LogP contribution in [0.5, 0.6) is 0 Å². The monoisotopic (exact) mass is 381 g/mol. The van der Waals surface area contributed by atoms with Crippen LogP contribution >= 0.6 is 23.2 Å². The van der Waals surface area contributed by atoms with Gasteiger partial charge in [0.15, 0.2) is 0 Å². The number of halogens is 2. The average Bonchev–Trinajstić information content (AvgIpc) is 2.56. The number of carbonyl (C=O) groups excluding carboxylic acids is 2. The van der Waals surface area contributed by atoms with Crippen LogP contribution in [0.2, 0.25) is 10.0 Å². The summed E-state index contributed by atoms with van der Waals surface area (Å²) in [5.74, 6) is -1.50. The Bertz CT molecular complexity index is 783. The number of nitrogens with one attached hydrogen (secondary N) is 2. The van der Waals surface area contributed by atoms with Crippen molar-refractivity contribution in [3.63, 3.8) is 0 Å². The Balaban J connectivity index is 2.19. The Morgan fingerprint density at radius 3 is 2.40 bits per heavy atom. The van der Waals surface area contributed by atoms with Crippen LogP contribution in [-0.4, -0.2) is 17.0 Å². The summed E-state index contributed by atoms with van der Waals surface area (Å²) in [6, 6.07) is 11.7. The van der Waals surface area contributed by atoms with Gasteiger partial charge in [-0.1, -0.05) is 41.4 Å². The lowest BCUT2D eigenvalue weighted by Gasteiger charge is -2.18. The average molecular weight is 382 g/mol. The fourth-order valence-corrected chi connectivity index (χ4v) is 2.99. The summed E-state index contributed by atoms with van der Waals surface area (Å²) in [7, 11) is 0. The van der Waals surface area contributed by atoms with Crippen LogP contribution in [0.3, 0.4) is 0 Å². The number of nitrogen functional groups attached to an aromatic ring is 1. The van der Waals surface area contributed by atoms with Crippen molar-refractivity contribution in [3.05, 3.63) is 58.1 Å². The maximum atomic E-state index is 12.4. The normalized spacial score (nSPS) is 11.6. The smallest absolute Gasteiger partial charge is 0.243 e. The lowest BCUT2D eigenvalue weighted by atomic mass is 9.91. The number of hydrogen-bond donors (Lipinski definition) is 4. The molecule has 0 saturated heterocycles. The van der Waals surface area contributed by atoms with Gasteiger partial charge in [0.05, 0.1) is 11.4 Å². The SMILES string of the molecule is Nc1ccccc1NC(=O)CC(CC(=O)NO)c1ccc(Cl)cc1Cl. The van der Waals surface area contributed by atoms with Crippen molar-refractivity contribution in [1.82, 2.24) is 5.48 Å². The van der Waals surface area contributed by atoms with Crippen molar-refractivity contribution in [2.24, 2.45) is 0 Å². The zero-order valence-electron chi connectivity index (χ0n) is 13.1. The van der Waals surface area contributed by atoms with Gasteiger partial charge in [0.1, 0.15) is 0 Å². The van der Waals surface area contributed by atoms with Gasteiger partial charge in [0.2, 0.25) is 11.8 Å². The fraction of sp³-hybridized carbons (Fsp3) is 0.176. The minimum absolute atomic E-state index is 0.0247. The molecule has 2 rings (SSSR count). The second-order valence-electron chi connectivity index (χ2n) is 5.44. The molecular weight excluding hydrogens is 365 g/mol. The third kappa shape index (κ3) is 5.35. The van der Waals surface area contributed by atoms with Crippen molar-refractivity contribution >= 4 is 46.4 Å². The summed E-state index contributed by atoms with van der Waals surface area (Å²) in [6.07, 6.45) is -0.140. The van der Waals surface area contributed by atoms with Crippen molar-refractivity contribution in [3.8, 4) is 0 Å². The van der Waals surface area contributed by atoms with E-state index in [1.165, 1.54) is 6.07 Å². The molecule has 6 nitrogen and oxygen atoms in total. The topological polar surface area (TPSA) is 104 Å². The maximum Gasteiger partial charge on any atom is 0.243 e. The van der Waals surface area contributed by atoms with Gasteiger partial charge in [0, 0.05) is 28.8 Å². The van der Waals surface area contributed by atoms with Crippen LogP contribution in [0.15, 0.2) is 42.5 Å². The predicted octanol–water partition coefficient (Wildman–Crippen LogP) is 3.58. The van der Waals surface area contributed by atoms with E-state index in [-0.39, 0.29) is 18.7 Å². The molecule has 0 aliphatic heterocycles. The van der Waals surface area contributed by atoms with E-state index >= 15 is 0 Å². The molecule has 0 spiro atoms. The zero-order chi connectivity index (χ0) is 18.4. The number of anilines is 2. The number of rotatable bonds is 6. The summed E-state index contributed by atoms with van der Waals surface area (Å²) in [5.41, 5.74) is 8.88. The van der Waals surface area contributed by atoms with Crippen molar-refractivity contribution in [2.75, 3.05) is 11.1 Å².